The van der Waals surface area contributed by atoms with Gasteiger partial charge in [0, 0.05) is 12.7 Å². The third kappa shape index (κ3) is 1.91. The molecule has 1 atom stereocenters. The van der Waals surface area contributed by atoms with Crippen molar-refractivity contribution in [3.8, 4) is 0 Å². The number of nitrogens with one attached hydrogen (secondary N) is 1. The first kappa shape index (κ1) is 10.3. The Bertz CT molecular complexity index is 408. The van der Waals surface area contributed by atoms with E-state index in [0.29, 0.717) is 0 Å². The minimum absolute atomic E-state index is 0.0752. The lowest BCUT2D eigenvalue weighted by Gasteiger charge is -2.14. The maximum Gasteiger partial charge on any atom is 0.0973 e. The van der Waals surface area contributed by atoms with E-state index in [4.69, 9.17) is 0 Å². The van der Waals surface area contributed by atoms with Crippen molar-refractivity contribution >= 4 is 11.7 Å². The van der Waals surface area contributed by atoms with Crippen LogP contribution in [0.1, 0.15) is 24.4 Å². The molecule has 15 heavy (non-hydrogen) atoms. The van der Waals surface area contributed by atoms with E-state index in [1.165, 1.54) is 11.7 Å². The van der Waals surface area contributed by atoms with Gasteiger partial charge in [0.05, 0.1) is 35.4 Å². The van der Waals surface area contributed by atoms with Gasteiger partial charge in [0.25, 0.3) is 0 Å². The first-order valence-corrected chi connectivity index (χ1v) is 5.56. The Kier molecular flexibility index (Phi) is 3.08. The topological polar surface area (TPSA) is 55.6 Å². The summed E-state index contributed by atoms with van der Waals surface area (Å²) >= 11 is 1.22. The first-order valence-electron chi connectivity index (χ1n) is 4.83. The van der Waals surface area contributed by atoms with Gasteiger partial charge >= 0.3 is 0 Å². The molecule has 0 saturated heterocycles. The molecule has 2 aromatic heterocycles. The molecule has 80 valence electrons. The zero-order valence-electron chi connectivity index (χ0n) is 8.71. The molecule has 0 radical (unpaired) electrons. The summed E-state index contributed by atoms with van der Waals surface area (Å²) in [6, 6.07) is 2.08. The molecule has 0 aliphatic carbocycles. The van der Waals surface area contributed by atoms with Gasteiger partial charge in [0.1, 0.15) is 0 Å². The summed E-state index contributed by atoms with van der Waals surface area (Å²) in [7, 11) is 1.91. The van der Waals surface area contributed by atoms with Gasteiger partial charge in [-0.1, -0.05) is 0 Å². The zero-order valence-corrected chi connectivity index (χ0v) is 9.53. The lowest BCUT2D eigenvalue weighted by atomic mass is 10.1. The fourth-order valence-corrected chi connectivity index (χ4v) is 2.05. The van der Waals surface area contributed by atoms with Crippen LogP contribution in [0.4, 0.5) is 0 Å². The SMILES string of the molecule is CCn1nccc1C(NC)c1cnsn1. The van der Waals surface area contributed by atoms with Crippen molar-refractivity contribution in [1.82, 2.24) is 23.8 Å². The highest BCUT2D eigenvalue weighted by atomic mass is 32.1. The van der Waals surface area contributed by atoms with Gasteiger partial charge in [-0.25, -0.2) is 0 Å². The highest BCUT2D eigenvalue weighted by Crippen LogP contribution is 2.19. The highest BCUT2D eigenvalue weighted by Gasteiger charge is 2.18. The lowest BCUT2D eigenvalue weighted by Crippen LogP contribution is -2.21. The van der Waals surface area contributed by atoms with Crippen molar-refractivity contribution in [2.45, 2.75) is 19.5 Å². The minimum Gasteiger partial charge on any atom is -0.307 e. The molecule has 0 aliphatic rings. The second kappa shape index (κ2) is 4.50. The quantitative estimate of drug-likeness (QED) is 0.842. The number of nitrogens with zero attached hydrogens (tertiary/aromatic N) is 4. The summed E-state index contributed by atoms with van der Waals surface area (Å²) in [5, 5.41) is 7.47. The monoisotopic (exact) mass is 223 g/mol. The molecule has 0 bridgehead atoms. The molecule has 2 heterocycles. The average Bonchev–Trinajstić information content (AvgIpc) is 2.89. The van der Waals surface area contributed by atoms with E-state index in [0.717, 1.165) is 17.9 Å². The fourth-order valence-electron chi connectivity index (χ4n) is 1.60. The smallest absolute Gasteiger partial charge is 0.0973 e. The molecule has 0 aliphatic heterocycles. The van der Waals surface area contributed by atoms with Crippen LogP contribution in [0.25, 0.3) is 0 Å². The number of hydrogen-bond donors (Lipinski definition) is 1. The van der Waals surface area contributed by atoms with Crippen LogP contribution in [0.5, 0.6) is 0 Å². The van der Waals surface area contributed by atoms with Crippen LogP contribution in [0.3, 0.4) is 0 Å². The molecule has 0 fully saturated rings. The Balaban J connectivity index is 2.35. The maximum atomic E-state index is 4.25. The summed E-state index contributed by atoms with van der Waals surface area (Å²) in [6.07, 6.45) is 3.60. The van der Waals surface area contributed by atoms with Gasteiger partial charge in [-0.2, -0.15) is 13.8 Å². The molecule has 0 aromatic carbocycles. The van der Waals surface area contributed by atoms with Gasteiger partial charge < -0.3 is 5.32 Å². The van der Waals surface area contributed by atoms with E-state index in [1.54, 1.807) is 6.20 Å². The van der Waals surface area contributed by atoms with Crippen LogP contribution in [0, 0.1) is 0 Å². The van der Waals surface area contributed by atoms with E-state index >= 15 is 0 Å². The molecule has 0 saturated carbocycles. The average molecular weight is 223 g/mol. The van der Waals surface area contributed by atoms with E-state index in [9.17, 15) is 0 Å². The normalized spacial score (nSPS) is 12.9. The standard InChI is InChI=1S/C9H13N5S/c1-3-14-8(4-5-11-14)9(10-2)7-6-12-15-13-7/h4-6,9-10H,3H2,1-2H3. The number of aromatic nitrogens is 4. The van der Waals surface area contributed by atoms with E-state index in [-0.39, 0.29) is 6.04 Å². The first-order chi connectivity index (χ1) is 7.36. The number of aryl methyl sites for hydroxylation is 1. The van der Waals surface area contributed by atoms with Gasteiger partial charge in [-0.3, -0.25) is 4.68 Å². The molecule has 1 unspecified atom stereocenters. The molecule has 5 nitrogen and oxygen atoms in total. The summed E-state index contributed by atoms with van der Waals surface area (Å²) in [5.74, 6) is 0. The molecule has 0 spiro atoms. The molecule has 0 amide bonds. The summed E-state index contributed by atoms with van der Waals surface area (Å²) < 4.78 is 10.2. The van der Waals surface area contributed by atoms with E-state index < -0.39 is 0 Å². The third-order valence-corrected chi connectivity index (χ3v) is 2.80. The second-order valence-corrected chi connectivity index (χ2v) is 3.68. The van der Waals surface area contributed by atoms with Crippen molar-refractivity contribution in [1.29, 1.82) is 0 Å². The largest absolute Gasteiger partial charge is 0.307 e. The van der Waals surface area contributed by atoms with Crippen molar-refractivity contribution in [2.75, 3.05) is 7.05 Å². The Morgan fingerprint density at radius 3 is 3.07 bits per heavy atom. The van der Waals surface area contributed by atoms with Crippen LogP contribution in [0.2, 0.25) is 0 Å². The molecule has 2 rings (SSSR count). The Morgan fingerprint density at radius 2 is 2.47 bits per heavy atom. The molecule has 6 heteroatoms. The van der Waals surface area contributed by atoms with Gasteiger partial charge in [-0.15, -0.1) is 0 Å². The summed E-state index contributed by atoms with van der Waals surface area (Å²) in [5.41, 5.74) is 2.06. The molecule has 2 aromatic rings. The van der Waals surface area contributed by atoms with Crippen LogP contribution in [-0.4, -0.2) is 25.6 Å². The molecular weight excluding hydrogens is 210 g/mol. The Labute approximate surface area is 92.5 Å². The van der Waals surface area contributed by atoms with Crippen molar-refractivity contribution in [3.63, 3.8) is 0 Å². The highest BCUT2D eigenvalue weighted by molar-refractivity contribution is 6.99. The zero-order chi connectivity index (χ0) is 10.7. The predicted octanol–water partition coefficient (Wildman–Crippen LogP) is 1.06. The molecule has 1 N–H and O–H groups in total. The summed E-state index contributed by atoms with van der Waals surface area (Å²) in [4.78, 5) is 0. The van der Waals surface area contributed by atoms with E-state index in [1.807, 2.05) is 24.0 Å². The van der Waals surface area contributed by atoms with Gasteiger partial charge in [0.2, 0.25) is 0 Å². The lowest BCUT2D eigenvalue weighted by molar-refractivity contribution is 0.558. The van der Waals surface area contributed by atoms with Gasteiger partial charge in [-0.05, 0) is 20.0 Å². The predicted molar refractivity (Wildman–Crippen MR) is 58.7 cm³/mol. The van der Waals surface area contributed by atoms with Crippen molar-refractivity contribution in [3.05, 3.63) is 29.8 Å². The van der Waals surface area contributed by atoms with Crippen molar-refractivity contribution < 1.29 is 0 Å². The van der Waals surface area contributed by atoms with Gasteiger partial charge in [0.15, 0.2) is 0 Å². The second-order valence-electron chi connectivity index (χ2n) is 3.13. The van der Waals surface area contributed by atoms with Crippen LogP contribution >= 0.6 is 11.7 Å². The minimum atomic E-state index is 0.0752. The van der Waals surface area contributed by atoms with Crippen LogP contribution in [-0.2, 0) is 6.54 Å². The van der Waals surface area contributed by atoms with E-state index in [2.05, 4.69) is 26.1 Å². The van der Waals surface area contributed by atoms with Crippen LogP contribution in [0.15, 0.2) is 18.5 Å². The molecular formula is C9H13N5S. The summed E-state index contributed by atoms with van der Waals surface area (Å²) in [6.45, 7) is 2.93. The number of hydrogen-bond acceptors (Lipinski definition) is 5. The fraction of sp³-hybridized carbons (Fsp3) is 0.444. The van der Waals surface area contributed by atoms with Crippen LogP contribution < -0.4 is 5.32 Å². The number of rotatable bonds is 4. The Morgan fingerprint density at radius 1 is 1.60 bits per heavy atom. The third-order valence-electron chi connectivity index (χ3n) is 2.31. The van der Waals surface area contributed by atoms with Crippen molar-refractivity contribution in [2.24, 2.45) is 0 Å². The maximum absolute atomic E-state index is 4.25. The Hall–Kier alpha value is -1.27.